The molecule has 0 atom stereocenters. The highest BCUT2D eigenvalue weighted by Gasteiger charge is 2.05. The first kappa shape index (κ1) is 17.9. The number of fused-ring (bicyclic) bond motifs is 1. The summed E-state index contributed by atoms with van der Waals surface area (Å²) in [5.74, 6) is 1.20. The van der Waals surface area contributed by atoms with E-state index in [4.69, 9.17) is 4.74 Å². The Bertz CT molecular complexity index is 1050. The second kappa shape index (κ2) is 8.48. The van der Waals surface area contributed by atoms with E-state index in [-0.39, 0.29) is 5.82 Å². The third-order valence-electron chi connectivity index (χ3n) is 4.48. The van der Waals surface area contributed by atoms with Gasteiger partial charge in [-0.25, -0.2) is 14.4 Å². The van der Waals surface area contributed by atoms with Crippen molar-refractivity contribution in [1.82, 2.24) is 9.97 Å². The zero-order chi connectivity index (χ0) is 19.2. The van der Waals surface area contributed by atoms with Crippen LogP contribution < -0.4 is 10.1 Å². The van der Waals surface area contributed by atoms with Crippen LogP contribution >= 0.6 is 0 Å². The number of nitrogens with zero attached hydrogens (tertiary/aromatic N) is 2. The molecule has 4 rings (SSSR count). The Morgan fingerprint density at radius 3 is 2.50 bits per heavy atom. The molecule has 28 heavy (non-hydrogen) atoms. The van der Waals surface area contributed by atoms with Gasteiger partial charge in [-0.1, -0.05) is 42.5 Å². The van der Waals surface area contributed by atoms with Crippen LogP contribution in [0.15, 0.2) is 79.1 Å². The van der Waals surface area contributed by atoms with E-state index < -0.39 is 0 Å². The Morgan fingerprint density at radius 1 is 0.857 bits per heavy atom. The van der Waals surface area contributed by atoms with Crippen LogP contribution in [0.2, 0.25) is 0 Å². The Kier molecular flexibility index (Phi) is 5.43. The fraction of sp³-hybridized carbons (Fsp3) is 0.130. The molecule has 5 heteroatoms. The first-order valence-corrected chi connectivity index (χ1v) is 9.18. The van der Waals surface area contributed by atoms with Crippen LogP contribution in [0.3, 0.4) is 0 Å². The molecule has 0 bridgehead atoms. The van der Waals surface area contributed by atoms with E-state index in [2.05, 4.69) is 27.4 Å². The van der Waals surface area contributed by atoms with Gasteiger partial charge in [0.2, 0.25) is 0 Å². The minimum absolute atomic E-state index is 0.295. The summed E-state index contributed by atoms with van der Waals surface area (Å²) in [5.41, 5.74) is 3.05. The summed E-state index contributed by atoms with van der Waals surface area (Å²) < 4.78 is 19.3. The number of anilines is 1. The van der Waals surface area contributed by atoms with E-state index in [9.17, 15) is 4.39 Å². The molecule has 0 aliphatic carbocycles. The molecule has 0 aliphatic heterocycles. The Labute approximate surface area is 163 Å². The van der Waals surface area contributed by atoms with Crippen molar-refractivity contribution in [2.75, 3.05) is 11.9 Å². The lowest BCUT2D eigenvalue weighted by Gasteiger charge is -2.09. The van der Waals surface area contributed by atoms with Crippen molar-refractivity contribution in [1.29, 1.82) is 0 Å². The van der Waals surface area contributed by atoms with E-state index >= 15 is 0 Å². The molecule has 4 aromatic rings. The first-order chi connectivity index (χ1) is 13.8. The summed E-state index contributed by atoms with van der Waals surface area (Å²) in [6, 6.07) is 22.7. The van der Waals surface area contributed by atoms with Gasteiger partial charge in [-0.05, 0) is 47.9 Å². The van der Waals surface area contributed by atoms with Crippen molar-refractivity contribution in [3.63, 3.8) is 0 Å². The maximum atomic E-state index is 13.5. The monoisotopic (exact) mass is 373 g/mol. The third kappa shape index (κ3) is 4.43. The van der Waals surface area contributed by atoms with Gasteiger partial charge in [0.05, 0.1) is 5.52 Å². The lowest BCUT2D eigenvalue weighted by atomic mass is 10.1. The number of hydrogen-bond acceptors (Lipinski definition) is 4. The molecular weight excluding hydrogens is 353 g/mol. The Hall–Kier alpha value is -3.47. The number of hydrogen-bond donors (Lipinski definition) is 1. The molecule has 3 aromatic carbocycles. The number of aromatic nitrogens is 2. The fourth-order valence-electron chi connectivity index (χ4n) is 2.99. The predicted molar refractivity (Wildman–Crippen MR) is 109 cm³/mol. The van der Waals surface area contributed by atoms with Crippen LogP contribution in [0.4, 0.5) is 10.2 Å². The van der Waals surface area contributed by atoms with Gasteiger partial charge in [0.15, 0.2) is 0 Å². The first-order valence-electron chi connectivity index (χ1n) is 9.18. The summed E-state index contributed by atoms with van der Waals surface area (Å²) in [6.45, 7) is 1.24. The summed E-state index contributed by atoms with van der Waals surface area (Å²) in [6.07, 6.45) is 2.31. The maximum Gasteiger partial charge on any atom is 0.137 e. The van der Waals surface area contributed by atoms with Gasteiger partial charge in [-0.2, -0.15) is 0 Å². The molecule has 0 amide bonds. The molecule has 0 radical (unpaired) electrons. The molecule has 4 nitrogen and oxygen atoms in total. The minimum atomic E-state index is -0.295. The van der Waals surface area contributed by atoms with Crippen molar-refractivity contribution in [2.45, 2.75) is 13.0 Å². The van der Waals surface area contributed by atoms with Gasteiger partial charge >= 0.3 is 0 Å². The van der Waals surface area contributed by atoms with E-state index in [0.717, 1.165) is 23.3 Å². The van der Waals surface area contributed by atoms with Gasteiger partial charge in [-0.3, -0.25) is 0 Å². The Morgan fingerprint density at radius 2 is 1.68 bits per heavy atom. The normalized spacial score (nSPS) is 10.8. The third-order valence-corrected chi connectivity index (χ3v) is 4.48. The maximum absolute atomic E-state index is 13.5. The van der Waals surface area contributed by atoms with Crippen molar-refractivity contribution in [2.24, 2.45) is 0 Å². The lowest BCUT2D eigenvalue weighted by Crippen LogP contribution is -2.07. The van der Waals surface area contributed by atoms with Gasteiger partial charge < -0.3 is 10.1 Å². The van der Waals surface area contributed by atoms with Crippen molar-refractivity contribution in [3.8, 4) is 5.75 Å². The molecule has 1 aromatic heterocycles. The quantitative estimate of drug-likeness (QED) is 0.495. The number of nitrogens with one attached hydrogen (secondary N) is 1. The molecule has 0 fully saturated rings. The lowest BCUT2D eigenvalue weighted by molar-refractivity contribution is 0.306. The SMILES string of the molecule is Fc1ccc2ncnc(NCCc3ccc(OCc4ccccc4)cc3)c2c1. The molecule has 0 saturated heterocycles. The van der Waals surface area contributed by atoms with Crippen molar-refractivity contribution in [3.05, 3.63) is 96.1 Å². The standard InChI is InChI=1S/C23H20FN3O/c24-19-8-11-22-21(14-19)23(27-16-26-22)25-13-12-17-6-9-20(10-7-17)28-15-18-4-2-1-3-5-18/h1-11,14,16H,12-13,15H2,(H,25,26,27). The highest BCUT2D eigenvalue weighted by atomic mass is 19.1. The van der Waals surface area contributed by atoms with Crippen LogP contribution in [-0.2, 0) is 13.0 Å². The molecule has 1 heterocycles. The van der Waals surface area contributed by atoms with Crippen LogP contribution in [0.5, 0.6) is 5.75 Å². The largest absolute Gasteiger partial charge is 0.489 e. The van der Waals surface area contributed by atoms with Gasteiger partial charge in [-0.15, -0.1) is 0 Å². The highest BCUT2D eigenvalue weighted by molar-refractivity contribution is 5.88. The second-order valence-electron chi connectivity index (χ2n) is 6.48. The average molecular weight is 373 g/mol. The highest BCUT2D eigenvalue weighted by Crippen LogP contribution is 2.20. The molecule has 140 valence electrons. The molecule has 0 unspecified atom stereocenters. The van der Waals surface area contributed by atoms with Gasteiger partial charge in [0, 0.05) is 11.9 Å². The van der Waals surface area contributed by atoms with Crippen molar-refractivity contribution < 1.29 is 9.13 Å². The fourth-order valence-corrected chi connectivity index (χ4v) is 2.99. The zero-order valence-electron chi connectivity index (χ0n) is 15.3. The Balaban J connectivity index is 1.32. The van der Waals surface area contributed by atoms with E-state index in [1.165, 1.54) is 24.0 Å². The summed E-state index contributed by atoms with van der Waals surface area (Å²) >= 11 is 0. The van der Waals surface area contributed by atoms with Crippen LogP contribution in [-0.4, -0.2) is 16.5 Å². The van der Waals surface area contributed by atoms with Crippen LogP contribution in [0, 0.1) is 5.82 Å². The van der Waals surface area contributed by atoms with E-state index in [1.54, 1.807) is 6.07 Å². The summed E-state index contributed by atoms with van der Waals surface area (Å²) in [4.78, 5) is 8.40. The summed E-state index contributed by atoms with van der Waals surface area (Å²) in [7, 11) is 0. The molecule has 0 saturated carbocycles. The van der Waals surface area contributed by atoms with Crippen LogP contribution in [0.25, 0.3) is 10.9 Å². The van der Waals surface area contributed by atoms with Crippen molar-refractivity contribution >= 4 is 16.7 Å². The summed E-state index contributed by atoms with van der Waals surface area (Å²) in [5, 5.41) is 3.96. The molecule has 0 spiro atoms. The van der Waals surface area contributed by atoms with E-state index in [1.807, 2.05) is 42.5 Å². The predicted octanol–water partition coefficient (Wildman–Crippen LogP) is 5.00. The topological polar surface area (TPSA) is 47.0 Å². The van der Waals surface area contributed by atoms with E-state index in [0.29, 0.717) is 24.4 Å². The molecule has 1 N–H and O–H groups in total. The number of benzene rings is 3. The second-order valence-corrected chi connectivity index (χ2v) is 6.48. The molecular formula is C23H20FN3O. The van der Waals surface area contributed by atoms with Gasteiger partial charge in [0.1, 0.15) is 30.3 Å². The molecule has 0 aliphatic rings. The number of ether oxygens (including phenoxy) is 1. The number of rotatable bonds is 7. The average Bonchev–Trinajstić information content (AvgIpc) is 2.74. The number of halogens is 1. The smallest absolute Gasteiger partial charge is 0.137 e. The van der Waals surface area contributed by atoms with Gasteiger partial charge in [0.25, 0.3) is 0 Å². The minimum Gasteiger partial charge on any atom is -0.489 e. The van der Waals surface area contributed by atoms with Crippen LogP contribution in [0.1, 0.15) is 11.1 Å². The zero-order valence-corrected chi connectivity index (χ0v) is 15.3.